The van der Waals surface area contributed by atoms with Crippen molar-refractivity contribution in [3.63, 3.8) is 0 Å². The lowest BCUT2D eigenvalue weighted by Gasteiger charge is -2.25. The number of rotatable bonds is 5. The summed E-state index contributed by atoms with van der Waals surface area (Å²) < 4.78 is 14.6. The van der Waals surface area contributed by atoms with Crippen molar-refractivity contribution < 1.29 is 19.4 Å². The van der Waals surface area contributed by atoms with E-state index < -0.39 is 24.7 Å². The van der Waals surface area contributed by atoms with Gasteiger partial charge in [0.1, 0.15) is 5.82 Å². The summed E-state index contributed by atoms with van der Waals surface area (Å²) in [5.74, 6) is -0.850. The zero-order valence-corrected chi connectivity index (χ0v) is 12.4. The highest BCUT2D eigenvalue weighted by Crippen LogP contribution is 2.15. The molecule has 1 aromatic carbocycles. The molecular weight excluding hydrogens is 289 g/mol. The Morgan fingerprint density at radius 1 is 1.36 bits per heavy atom. The van der Waals surface area contributed by atoms with Crippen molar-refractivity contribution in [2.45, 2.75) is 19.4 Å². The maximum absolute atomic E-state index is 13.1. The van der Waals surface area contributed by atoms with Crippen LogP contribution in [0.3, 0.4) is 0 Å². The number of amides is 1. The summed E-state index contributed by atoms with van der Waals surface area (Å²) in [7, 11) is 0. The average Bonchev–Trinajstić information content (AvgIpc) is 2.96. The van der Waals surface area contributed by atoms with Gasteiger partial charge in [-0.05, 0) is 43.7 Å². The lowest BCUT2D eigenvalue weighted by Crippen LogP contribution is -2.51. The number of hydrogen-bond acceptors (Lipinski definition) is 4. The van der Waals surface area contributed by atoms with Gasteiger partial charge in [0, 0.05) is 6.20 Å². The van der Waals surface area contributed by atoms with Crippen LogP contribution in [0, 0.1) is 12.7 Å². The van der Waals surface area contributed by atoms with Gasteiger partial charge in [-0.15, -0.1) is 0 Å². The topological polar surface area (TPSA) is 87.4 Å². The third-order valence-corrected chi connectivity index (χ3v) is 3.34. The number of nitrogens with zero attached hydrogens (tertiary/aromatic N) is 2. The van der Waals surface area contributed by atoms with Crippen molar-refractivity contribution in [3.8, 4) is 5.69 Å². The van der Waals surface area contributed by atoms with Gasteiger partial charge in [-0.25, -0.2) is 9.07 Å². The predicted molar refractivity (Wildman–Crippen MR) is 78.3 cm³/mol. The van der Waals surface area contributed by atoms with Gasteiger partial charge in [0.25, 0.3) is 5.91 Å². The van der Waals surface area contributed by atoms with E-state index >= 15 is 0 Å². The number of nitrogens with one attached hydrogen (secondary N) is 1. The third kappa shape index (κ3) is 3.32. The molecule has 22 heavy (non-hydrogen) atoms. The summed E-state index contributed by atoms with van der Waals surface area (Å²) in [6.45, 7) is 2.47. The Labute approximate surface area is 127 Å². The second-order valence-electron chi connectivity index (χ2n) is 5.41. The van der Waals surface area contributed by atoms with Gasteiger partial charge in [-0.2, -0.15) is 5.10 Å². The van der Waals surface area contributed by atoms with Gasteiger partial charge in [0.2, 0.25) is 0 Å². The van der Waals surface area contributed by atoms with Gasteiger partial charge in [0.05, 0.1) is 24.4 Å². The van der Waals surface area contributed by atoms with E-state index in [-0.39, 0.29) is 11.5 Å². The van der Waals surface area contributed by atoms with E-state index in [2.05, 4.69) is 10.4 Å². The SMILES string of the molecule is Cc1cc(F)ccc1-n1ccc(C(=O)NC(C)(CO)CO)n1. The average molecular weight is 307 g/mol. The minimum absolute atomic E-state index is 0.136. The fraction of sp³-hybridized carbons (Fsp3) is 0.333. The van der Waals surface area contributed by atoms with E-state index in [0.29, 0.717) is 11.3 Å². The quantitative estimate of drug-likeness (QED) is 0.762. The number of carbonyl (C=O) groups is 1. The van der Waals surface area contributed by atoms with Crippen molar-refractivity contribution in [2.75, 3.05) is 13.2 Å². The maximum Gasteiger partial charge on any atom is 0.272 e. The lowest BCUT2D eigenvalue weighted by molar-refractivity contribution is 0.0719. The Bertz CT molecular complexity index is 680. The van der Waals surface area contributed by atoms with Crippen molar-refractivity contribution in [1.82, 2.24) is 15.1 Å². The molecule has 1 aromatic heterocycles. The van der Waals surface area contributed by atoms with Gasteiger partial charge < -0.3 is 15.5 Å². The lowest BCUT2D eigenvalue weighted by atomic mass is 10.1. The highest BCUT2D eigenvalue weighted by Gasteiger charge is 2.26. The first-order valence-electron chi connectivity index (χ1n) is 6.75. The van der Waals surface area contributed by atoms with Crippen LogP contribution in [0.5, 0.6) is 0 Å². The molecule has 2 rings (SSSR count). The molecule has 0 fully saturated rings. The number of carbonyl (C=O) groups excluding carboxylic acids is 1. The molecule has 1 heterocycles. The number of hydrogen-bond donors (Lipinski definition) is 3. The Hall–Kier alpha value is -2.25. The van der Waals surface area contributed by atoms with Crippen LogP contribution in [0.25, 0.3) is 5.69 Å². The maximum atomic E-state index is 13.1. The Morgan fingerprint density at radius 2 is 2.05 bits per heavy atom. The van der Waals surface area contributed by atoms with Crippen LogP contribution < -0.4 is 5.32 Å². The van der Waals surface area contributed by atoms with Crippen LogP contribution in [-0.2, 0) is 0 Å². The number of halogens is 1. The number of aromatic nitrogens is 2. The second kappa shape index (κ2) is 6.25. The highest BCUT2D eigenvalue weighted by molar-refractivity contribution is 5.92. The number of benzene rings is 1. The number of aliphatic hydroxyl groups excluding tert-OH is 2. The van der Waals surface area contributed by atoms with E-state index in [1.807, 2.05) is 0 Å². The van der Waals surface area contributed by atoms with E-state index in [4.69, 9.17) is 0 Å². The van der Waals surface area contributed by atoms with Crippen molar-refractivity contribution in [2.24, 2.45) is 0 Å². The second-order valence-corrected chi connectivity index (χ2v) is 5.41. The molecule has 2 aromatic rings. The molecule has 0 bridgehead atoms. The summed E-state index contributed by atoms with van der Waals surface area (Å²) in [6.07, 6.45) is 1.59. The molecule has 0 radical (unpaired) electrons. The molecule has 118 valence electrons. The van der Waals surface area contributed by atoms with Crippen LogP contribution in [-0.4, -0.2) is 44.7 Å². The predicted octanol–water partition coefficient (Wildman–Crippen LogP) is 0.793. The molecule has 6 nitrogen and oxygen atoms in total. The monoisotopic (exact) mass is 307 g/mol. The van der Waals surface area contributed by atoms with E-state index in [1.165, 1.54) is 29.8 Å². The normalized spacial score (nSPS) is 11.5. The fourth-order valence-electron chi connectivity index (χ4n) is 1.92. The summed E-state index contributed by atoms with van der Waals surface area (Å²) in [4.78, 5) is 12.1. The molecule has 1 amide bonds. The van der Waals surface area contributed by atoms with Crippen molar-refractivity contribution in [3.05, 3.63) is 47.5 Å². The zero-order chi connectivity index (χ0) is 16.3. The van der Waals surface area contributed by atoms with Crippen LogP contribution in [0.15, 0.2) is 30.5 Å². The van der Waals surface area contributed by atoms with Crippen LogP contribution >= 0.6 is 0 Å². The molecule has 0 saturated carbocycles. The summed E-state index contributed by atoms with van der Waals surface area (Å²) in [5.41, 5.74) is 0.363. The highest BCUT2D eigenvalue weighted by atomic mass is 19.1. The van der Waals surface area contributed by atoms with E-state index in [1.54, 1.807) is 19.2 Å². The fourth-order valence-corrected chi connectivity index (χ4v) is 1.92. The van der Waals surface area contributed by atoms with Gasteiger partial charge >= 0.3 is 0 Å². The Balaban J connectivity index is 2.23. The van der Waals surface area contributed by atoms with Crippen molar-refractivity contribution >= 4 is 5.91 Å². The van der Waals surface area contributed by atoms with Crippen LogP contribution in [0.4, 0.5) is 4.39 Å². The summed E-state index contributed by atoms with van der Waals surface area (Å²) in [6, 6.07) is 5.78. The zero-order valence-electron chi connectivity index (χ0n) is 12.4. The molecule has 7 heteroatoms. The van der Waals surface area contributed by atoms with Gasteiger partial charge in [0.15, 0.2) is 5.69 Å². The molecular formula is C15H18FN3O3. The number of aliphatic hydroxyl groups is 2. The molecule has 0 saturated heterocycles. The minimum atomic E-state index is -1.12. The molecule has 3 N–H and O–H groups in total. The van der Waals surface area contributed by atoms with Crippen LogP contribution in [0.2, 0.25) is 0 Å². The first-order valence-corrected chi connectivity index (χ1v) is 6.75. The van der Waals surface area contributed by atoms with Crippen LogP contribution in [0.1, 0.15) is 23.0 Å². The molecule has 0 aliphatic heterocycles. The largest absolute Gasteiger partial charge is 0.394 e. The molecule has 0 spiro atoms. The number of aryl methyl sites for hydroxylation is 1. The molecule has 0 atom stereocenters. The smallest absolute Gasteiger partial charge is 0.272 e. The molecule has 0 aliphatic rings. The molecule has 0 aliphatic carbocycles. The standard InChI is InChI=1S/C15H18FN3O3/c1-10-7-11(16)3-4-13(10)19-6-5-12(18-19)14(22)17-15(2,8-20)9-21/h3-7,20-21H,8-9H2,1-2H3,(H,17,22). The third-order valence-electron chi connectivity index (χ3n) is 3.34. The van der Waals surface area contributed by atoms with Gasteiger partial charge in [-0.1, -0.05) is 0 Å². The molecule has 0 unspecified atom stereocenters. The van der Waals surface area contributed by atoms with E-state index in [0.717, 1.165) is 0 Å². The minimum Gasteiger partial charge on any atom is -0.394 e. The Morgan fingerprint density at radius 3 is 2.64 bits per heavy atom. The summed E-state index contributed by atoms with van der Waals surface area (Å²) >= 11 is 0. The summed E-state index contributed by atoms with van der Waals surface area (Å²) in [5, 5.41) is 25.0. The van der Waals surface area contributed by atoms with Gasteiger partial charge in [-0.3, -0.25) is 4.79 Å². The van der Waals surface area contributed by atoms with E-state index in [9.17, 15) is 19.4 Å². The van der Waals surface area contributed by atoms with Crippen molar-refractivity contribution in [1.29, 1.82) is 0 Å². The Kier molecular flexibility index (Phi) is 4.58. The first-order chi connectivity index (χ1) is 10.4. The first kappa shape index (κ1) is 16.1.